The van der Waals surface area contributed by atoms with Crippen LogP contribution in [0.4, 0.5) is 11.5 Å². The first-order valence-corrected chi connectivity index (χ1v) is 11.8. The van der Waals surface area contributed by atoms with E-state index < -0.39 is 5.41 Å². The van der Waals surface area contributed by atoms with Gasteiger partial charge in [0.15, 0.2) is 11.5 Å². The zero-order valence-electron chi connectivity index (χ0n) is 20.2. The van der Waals surface area contributed by atoms with Crippen LogP contribution in [0.1, 0.15) is 32.4 Å². The van der Waals surface area contributed by atoms with Gasteiger partial charge in [0.25, 0.3) is 5.89 Å². The highest BCUT2D eigenvalue weighted by molar-refractivity contribution is 5.69. The number of rotatable bonds is 6. The Hall–Kier alpha value is -4.36. The summed E-state index contributed by atoms with van der Waals surface area (Å²) in [5.74, 6) is 0.718. The van der Waals surface area contributed by atoms with E-state index in [1.54, 1.807) is 18.5 Å². The van der Waals surface area contributed by atoms with Gasteiger partial charge in [-0.2, -0.15) is 5.26 Å². The fourth-order valence-electron chi connectivity index (χ4n) is 4.34. The molecule has 10 heteroatoms. The Morgan fingerprint density at radius 1 is 1.11 bits per heavy atom. The van der Waals surface area contributed by atoms with Gasteiger partial charge in [0, 0.05) is 42.1 Å². The van der Waals surface area contributed by atoms with Crippen molar-refractivity contribution < 1.29 is 4.42 Å². The lowest BCUT2D eigenvalue weighted by molar-refractivity contribution is 0.582. The van der Waals surface area contributed by atoms with Crippen LogP contribution in [0.5, 0.6) is 0 Å². The van der Waals surface area contributed by atoms with Crippen LogP contribution in [0.25, 0.3) is 34.3 Å². The Bertz CT molecular complexity index is 1420. The summed E-state index contributed by atoms with van der Waals surface area (Å²) in [6, 6.07) is 14.3. The highest BCUT2D eigenvalue weighted by Crippen LogP contribution is 2.31. The summed E-state index contributed by atoms with van der Waals surface area (Å²) in [6.45, 7) is 5.28. The third-order valence-electron chi connectivity index (χ3n) is 6.50. The number of benzene rings is 1. The highest BCUT2D eigenvalue weighted by Gasteiger charge is 2.24. The SMILES string of the molecule is CC(C)(C#N)c1cc(-c2cnc(N)c(-c3nnc(-c4ccc(N5CCCC5CN)cc4)o3)n2)ccn1. The van der Waals surface area contributed by atoms with Crippen molar-refractivity contribution >= 4 is 11.5 Å². The fraction of sp³-hybridized carbons (Fsp3) is 0.308. The molecule has 10 nitrogen and oxygen atoms in total. The lowest BCUT2D eigenvalue weighted by Gasteiger charge is -2.25. The molecular weight excluding hydrogens is 454 g/mol. The third kappa shape index (κ3) is 4.36. The van der Waals surface area contributed by atoms with Gasteiger partial charge in [0.05, 0.1) is 29.1 Å². The second kappa shape index (κ2) is 9.36. The zero-order chi connectivity index (χ0) is 25.3. The van der Waals surface area contributed by atoms with Crippen molar-refractivity contribution in [1.29, 1.82) is 5.26 Å². The largest absolute Gasteiger partial charge is 0.414 e. The molecule has 0 aliphatic carbocycles. The minimum Gasteiger partial charge on any atom is -0.414 e. The van der Waals surface area contributed by atoms with E-state index in [1.165, 1.54) is 0 Å². The monoisotopic (exact) mass is 481 g/mol. The Labute approximate surface area is 209 Å². The van der Waals surface area contributed by atoms with E-state index in [1.807, 2.05) is 44.2 Å². The standard InChI is InChI=1S/C26H27N9O/c1-26(2,15-28)21-12-17(9-10-30-21)20-14-31-23(29)22(32-20)25-34-33-24(36-25)16-5-7-18(8-6-16)35-11-3-4-19(35)13-27/h5-10,12,14,19H,3-4,11,13,27H2,1-2H3,(H2,29,31). The molecule has 0 amide bonds. The molecule has 36 heavy (non-hydrogen) atoms. The van der Waals surface area contributed by atoms with Gasteiger partial charge in [0.1, 0.15) is 0 Å². The quantitative estimate of drug-likeness (QED) is 0.417. The minimum absolute atomic E-state index is 0.176. The molecule has 3 aromatic heterocycles. The molecule has 4 aromatic rings. The van der Waals surface area contributed by atoms with E-state index >= 15 is 0 Å². The van der Waals surface area contributed by atoms with Crippen molar-refractivity contribution in [3.8, 4) is 40.4 Å². The molecule has 5 rings (SSSR count). The summed E-state index contributed by atoms with van der Waals surface area (Å²) in [7, 11) is 0. The van der Waals surface area contributed by atoms with E-state index in [0.717, 1.165) is 36.2 Å². The van der Waals surface area contributed by atoms with E-state index in [4.69, 9.17) is 15.9 Å². The second-order valence-corrected chi connectivity index (χ2v) is 9.34. The Kier molecular flexibility index (Phi) is 6.08. The van der Waals surface area contributed by atoms with Crippen LogP contribution in [0.3, 0.4) is 0 Å². The molecule has 1 unspecified atom stereocenters. The minimum atomic E-state index is -0.739. The van der Waals surface area contributed by atoms with Gasteiger partial charge in [-0.1, -0.05) is 0 Å². The molecule has 1 fully saturated rings. The summed E-state index contributed by atoms with van der Waals surface area (Å²) in [6.07, 6.45) is 5.48. The number of nitriles is 1. The number of pyridine rings is 1. The summed E-state index contributed by atoms with van der Waals surface area (Å²) in [4.78, 5) is 15.6. The lowest BCUT2D eigenvalue weighted by atomic mass is 9.90. The zero-order valence-corrected chi connectivity index (χ0v) is 20.2. The molecule has 1 atom stereocenters. The van der Waals surface area contributed by atoms with Crippen LogP contribution in [0, 0.1) is 11.3 Å². The maximum atomic E-state index is 9.46. The average Bonchev–Trinajstić information content (AvgIpc) is 3.59. The first kappa shape index (κ1) is 23.4. The van der Waals surface area contributed by atoms with Crippen LogP contribution < -0.4 is 16.4 Å². The average molecular weight is 482 g/mol. The van der Waals surface area contributed by atoms with Crippen LogP contribution in [0.2, 0.25) is 0 Å². The summed E-state index contributed by atoms with van der Waals surface area (Å²) >= 11 is 0. The van der Waals surface area contributed by atoms with E-state index in [2.05, 4.69) is 36.1 Å². The molecule has 1 aromatic carbocycles. The smallest absolute Gasteiger partial charge is 0.270 e. The number of nitrogens with zero attached hydrogens (tertiary/aromatic N) is 7. The molecule has 0 spiro atoms. The number of hydrogen-bond donors (Lipinski definition) is 2. The molecule has 1 aliphatic rings. The third-order valence-corrected chi connectivity index (χ3v) is 6.50. The van der Waals surface area contributed by atoms with Gasteiger partial charge in [-0.3, -0.25) is 4.98 Å². The highest BCUT2D eigenvalue weighted by atomic mass is 16.4. The Morgan fingerprint density at radius 2 is 1.89 bits per heavy atom. The van der Waals surface area contributed by atoms with Gasteiger partial charge in [-0.15, -0.1) is 10.2 Å². The predicted octanol–water partition coefficient (Wildman–Crippen LogP) is 3.57. The van der Waals surface area contributed by atoms with Crippen LogP contribution in [-0.2, 0) is 5.41 Å². The van der Waals surface area contributed by atoms with Crippen LogP contribution >= 0.6 is 0 Å². The van der Waals surface area contributed by atoms with Gasteiger partial charge in [0.2, 0.25) is 5.89 Å². The van der Waals surface area contributed by atoms with Crippen LogP contribution in [-0.4, -0.2) is 44.3 Å². The first-order valence-electron chi connectivity index (χ1n) is 11.8. The molecule has 4 heterocycles. The van der Waals surface area contributed by atoms with Gasteiger partial charge < -0.3 is 20.8 Å². The number of hydrogen-bond acceptors (Lipinski definition) is 10. The normalized spacial score (nSPS) is 15.7. The van der Waals surface area contributed by atoms with E-state index in [0.29, 0.717) is 35.6 Å². The van der Waals surface area contributed by atoms with Crippen molar-refractivity contribution in [2.75, 3.05) is 23.7 Å². The van der Waals surface area contributed by atoms with Crippen molar-refractivity contribution in [3.05, 3.63) is 54.5 Å². The molecule has 0 saturated carbocycles. The molecule has 182 valence electrons. The maximum absolute atomic E-state index is 9.46. The summed E-state index contributed by atoms with van der Waals surface area (Å²) < 4.78 is 5.94. The molecule has 0 bridgehead atoms. The molecule has 4 N–H and O–H groups in total. The number of anilines is 2. The predicted molar refractivity (Wildman–Crippen MR) is 136 cm³/mol. The van der Waals surface area contributed by atoms with Gasteiger partial charge >= 0.3 is 0 Å². The number of aromatic nitrogens is 5. The maximum Gasteiger partial charge on any atom is 0.270 e. The number of nitrogen functional groups attached to an aromatic ring is 1. The Morgan fingerprint density at radius 3 is 2.64 bits per heavy atom. The van der Waals surface area contributed by atoms with E-state index in [9.17, 15) is 5.26 Å². The lowest BCUT2D eigenvalue weighted by Crippen LogP contribution is -2.35. The van der Waals surface area contributed by atoms with Crippen molar-refractivity contribution in [2.45, 2.75) is 38.1 Å². The molecule has 0 radical (unpaired) electrons. The van der Waals surface area contributed by atoms with Crippen molar-refractivity contribution in [1.82, 2.24) is 25.1 Å². The second-order valence-electron chi connectivity index (χ2n) is 9.34. The summed E-state index contributed by atoms with van der Waals surface area (Å²) in [5.41, 5.74) is 15.5. The fourth-order valence-corrected chi connectivity index (χ4v) is 4.34. The topological polar surface area (TPSA) is 157 Å². The van der Waals surface area contributed by atoms with Crippen molar-refractivity contribution in [3.63, 3.8) is 0 Å². The van der Waals surface area contributed by atoms with Gasteiger partial charge in [-0.05, 0) is 63.1 Å². The van der Waals surface area contributed by atoms with E-state index in [-0.39, 0.29) is 11.7 Å². The Balaban J connectivity index is 1.42. The van der Waals surface area contributed by atoms with Crippen molar-refractivity contribution in [2.24, 2.45) is 5.73 Å². The molecule has 1 saturated heterocycles. The first-order chi connectivity index (χ1) is 17.4. The number of nitrogens with two attached hydrogens (primary N) is 2. The molecule has 1 aliphatic heterocycles. The van der Waals surface area contributed by atoms with Crippen LogP contribution in [0.15, 0.2) is 53.2 Å². The molecular formula is C26H27N9O. The van der Waals surface area contributed by atoms with Gasteiger partial charge in [-0.25, -0.2) is 9.97 Å². The summed E-state index contributed by atoms with van der Waals surface area (Å²) in [5, 5.41) is 17.8.